The molecule has 2 fully saturated rings. The van der Waals surface area contributed by atoms with Crippen molar-refractivity contribution in [3.8, 4) is 11.3 Å². The van der Waals surface area contributed by atoms with E-state index in [4.69, 9.17) is 14.5 Å². The number of morpholine rings is 1. The zero-order valence-electron chi connectivity index (χ0n) is 17.2. The van der Waals surface area contributed by atoms with Crippen molar-refractivity contribution in [2.75, 3.05) is 38.3 Å². The molecule has 8 nitrogen and oxygen atoms in total. The van der Waals surface area contributed by atoms with Gasteiger partial charge in [0.05, 0.1) is 60.9 Å². The zero-order chi connectivity index (χ0) is 20.7. The van der Waals surface area contributed by atoms with Crippen LogP contribution in [0.25, 0.3) is 22.3 Å². The fourth-order valence-corrected chi connectivity index (χ4v) is 4.23. The maximum absolute atomic E-state index is 11.7. The van der Waals surface area contributed by atoms with E-state index in [1.165, 1.54) is 7.11 Å². The molecular formula is C22H25N5O3. The topological polar surface area (TPSA) is 82.4 Å². The molecule has 1 aliphatic carbocycles. The molecule has 0 spiro atoms. The molecule has 3 heterocycles. The van der Waals surface area contributed by atoms with Crippen LogP contribution in [0.5, 0.6) is 0 Å². The first-order valence-corrected chi connectivity index (χ1v) is 10.4. The molecule has 0 N–H and O–H groups in total. The Hall–Kier alpha value is -3.00. The second-order valence-corrected chi connectivity index (χ2v) is 7.98. The minimum Gasteiger partial charge on any atom is -0.469 e. The van der Waals surface area contributed by atoms with E-state index in [1.807, 2.05) is 30.1 Å². The molecule has 30 heavy (non-hydrogen) atoms. The summed E-state index contributed by atoms with van der Waals surface area (Å²) >= 11 is 0. The molecule has 1 aliphatic heterocycles. The molecule has 1 aromatic carbocycles. The summed E-state index contributed by atoms with van der Waals surface area (Å²) in [6.07, 6.45) is 5.36. The van der Waals surface area contributed by atoms with Crippen molar-refractivity contribution < 1.29 is 14.3 Å². The third-order valence-corrected chi connectivity index (χ3v) is 6.12. The van der Waals surface area contributed by atoms with E-state index in [0.717, 1.165) is 72.8 Å². The highest BCUT2D eigenvalue weighted by Crippen LogP contribution is 2.39. The number of carbonyl (C=O) groups excluding carboxylic acids is 1. The van der Waals surface area contributed by atoms with Crippen molar-refractivity contribution >= 4 is 22.7 Å². The normalized spacial score (nSPS) is 21.5. The van der Waals surface area contributed by atoms with Crippen molar-refractivity contribution in [1.82, 2.24) is 19.7 Å². The number of hydrogen-bond donors (Lipinski definition) is 0. The Bertz CT molecular complexity index is 1080. The van der Waals surface area contributed by atoms with E-state index in [9.17, 15) is 4.79 Å². The molecule has 3 aromatic rings. The maximum atomic E-state index is 11.7. The van der Waals surface area contributed by atoms with Crippen LogP contribution in [0.3, 0.4) is 0 Å². The number of aromatic nitrogens is 4. The third-order valence-electron chi connectivity index (χ3n) is 6.12. The quantitative estimate of drug-likeness (QED) is 0.615. The molecular weight excluding hydrogens is 382 g/mol. The van der Waals surface area contributed by atoms with Gasteiger partial charge in [0.15, 0.2) is 0 Å². The molecule has 0 amide bonds. The van der Waals surface area contributed by atoms with Crippen molar-refractivity contribution in [2.45, 2.75) is 25.8 Å². The predicted molar refractivity (Wildman–Crippen MR) is 112 cm³/mol. The number of ether oxygens (including phenoxy) is 2. The Balaban J connectivity index is 1.40. The lowest BCUT2D eigenvalue weighted by atomic mass is 9.80. The Morgan fingerprint density at radius 2 is 2.00 bits per heavy atom. The number of methoxy groups -OCH3 is 1. The van der Waals surface area contributed by atoms with Gasteiger partial charge in [-0.3, -0.25) is 14.5 Å². The molecule has 156 valence electrons. The molecule has 0 bridgehead atoms. The molecule has 1 saturated heterocycles. The van der Waals surface area contributed by atoms with Gasteiger partial charge in [-0.25, -0.2) is 4.98 Å². The number of rotatable bonds is 4. The third kappa shape index (κ3) is 3.41. The van der Waals surface area contributed by atoms with Crippen LogP contribution in [0.2, 0.25) is 0 Å². The number of fused-ring (bicyclic) bond motifs is 1. The van der Waals surface area contributed by atoms with Gasteiger partial charge in [0.2, 0.25) is 0 Å². The van der Waals surface area contributed by atoms with E-state index in [-0.39, 0.29) is 17.9 Å². The number of benzene rings is 1. The number of nitrogens with zero attached hydrogens (tertiary/aromatic N) is 5. The second-order valence-electron chi connectivity index (χ2n) is 7.98. The van der Waals surface area contributed by atoms with Gasteiger partial charge in [0.1, 0.15) is 0 Å². The van der Waals surface area contributed by atoms with Crippen molar-refractivity contribution in [3.05, 3.63) is 36.3 Å². The average Bonchev–Trinajstić information content (AvgIpc) is 3.13. The van der Waals surface area contributed by atoms with Gasteiger partial charge in [-0.15, -0.1) is 0 Å². The van der Waals surface area contributed by atoms with Gasteiger partial charge in [0.25, 0.3) is 0 Å². The highest BCUT2D eigenvalue weighted by Gasteiger charge is 2.37. The molecule has 1 saturated carbocycles. The smallest absolute Gasteiger partial charge is 0.308 e. The lowest BCUT2D eigenvalue weighted by Gasteiger charge is -2.33. The zero-order valence-corrected chi connectivity index (χ0v) is 17.2. The van der Waals surface area contributed by atoms with E-state index in [1.54, 1.807) is 0 Å². The Kier molecular flexibility index (Phi) is 4.86. The van der Waals surface area contributed by atoms with Crippen LogP contribution in [0.15, 0.2) is 30.6 Å². The van der Waals surface area contributed by atoms with Crippen LogP contribution < -0.4 is 4.90 Å². The first-order valence-electron chi connectivity index (χ1n) is 10.4. The van der Waals surface area contributed by atoms with E-state index in [0.29, 0.717) is 0 Å². The molecule has 0 unspecified atom stereocenters. The highest BCUT2D eigenvalue weighted by molar-refractivity contribution is 5.81. The molecule has 2 aromatic heterocycles. The summed E-state index contributed by atoms with van der Waals surface area (Å²) in [5, 5.41) is 4.67. The number of anilines is 1. The Morgan fingerprint density at radius 1 is 1.20 bits per heavy atom. The number of hydrogen-bond acceptors (Lipinski definition) is 7. The predicted octanol–water partition coefficient (Wildman–Crippen LogP) is 2.76. The molecule has 0 radical (unpaired) electrons. The fourth-order valence-electron chi connectivity index (χ4n) is 4.23. The van der Waals surface area contributed by atoms with Gasteiger partial charge in [-0.05, 0) is 38.0 Å². The fraction of sp³-hybridized carbons (Fsp3) is 0.455. The number of carbonyl (C=O) groups is 1. The van der Waals surface area contributed by atoms with Crippen molar-refractivity contribution in [3.63, 3.8) is 0 Å². The summed E-state index contributed by atoms with van der Waals surface area (Å²) in [6, 6.07) is 6.45. The number of aryl methyl sites for hydroxylation is 1. The van der Waals surface area contributed by atoms with E-state index < -0.39 is 0 Å². The second kappa shape index (κ2) is 7.68. The van der Waals surface area contributed by atoms with Crippen LogP contribution in [-0.2, 0) is 14.3 Å². The van der Waals surface area contributed by atoms with E-state index >= 15 is 0 Å². The average molecular weight is 407 g/mol. The maximum Gasteiger partial charge on any atom is 0.308 e. The monoisotopic (exact) mass is 407 g/mol. The lowest BCUT2D eigenvalue weighted by Crippen LogP contribution is -2.36. The van der Waals surface area contributed by atoms with Gasteiger partial charge in [-0.1, -0.05) is 0 Å². The van der Waals surface area contributed by atoms with Crippen LogP contribution in [0.4, 0.5) is 5.69 Å². The standard InChI is InChI=1S/C22H25N5O3/c1-14-18(13-27(25-14)17-9-15(10-17)22(28)29-2)21-12-23-19-4-3-16(11-20(19)24-21)26-5-7-30-8-6-26/h3-4,11-13,15,17H,5-10H2,1-2H3/t15-,17-. The summed E-state index contributed by atoms with van der Waals surface area (Å²) < 4.78 is 12.2. The summed E-state index contributed by atoms with van der Waals surface area (Å²) in [4.78, 5) is 23.5. The highest BCUT2D eigenvalue weighted by atomic mass is 16.5. The Labute approximate surface area is 174 Å². The van der Waals surface area contributed by atoms with Gasteiger partial charge >= 0.3 is 5.97 Å². The van der Waals surface area contributed by atoms with Crippen molar-refractivity contribution in [2.24, 2.45) is 5.92 Å². The first kappa shape index (κ1) is 19.0. The van der Waals surface area contributed by atoms with Crippen molar-refractivity contribution in [1.29, 1.82) is 0 Å². The SMILES string of the molecule is COC(=O)[C@H]1C[C@H](n2cc(-c3cnc4ccc(N5CCOCC5)cc4n3)c(C)n2)C1. The van der Waals surface area contributed by atoms with Gasteiger partial charge in [0, 0.05) is 30.5 Å². The van der Waals surface area contributed by atoms with Crippen LogP contribution in [-0.4, -0.2) is 59.1 Å². The number of esters is 1. The summed E-state index contributed by atoms with van der Waals surface area (Å²) in [5.74, 6) is -0.154. The van der Waals surface area contributed by atoms with Gasteiger partial charge in [-0.2, -0.15) is 5.10 Å². The lowest BCUT2D eigenvalue weighted by molar-refractivity contribution is -0.149. The van der Waals surface area contributed by atoms with Crippen LogP contribution in [0, 0.1) is 12.8 Å². The van der Waals surface area contributed by atoms with E-state index in [2.05, 4.69) is 27.1 Å². The molecule has 2 aliphatic rings. The minimum absolute atomic E-state index is 0.0213. The summed E-state index contributed by atoms with van der Waals surface area (Å²) in [6.45, 7) is 5.26. The molecule has 8 heteroatoms. The summed E-state index contributed by atoms with van der Waals surface area (Å²) in [5.41, 5.74) is 5.60. The largest absolute Gasteiger partial charge is 0.469 e. The van der Waals surface area contributed by atoms with Gasteiger partial charge < -0.3 is 14.4 Å². The Morgan fingerprint density at radius 3 is 2.77 bits per heavy atom. The molecule has 5 rings (SSSR count). The van der Waals surface area contributed by atoms with Crippen LogP contribution >= 0.6 is 0 Å². The molecule has 0 atom stereocenters. The summed E-state index contributed by atoms with van der Waals surface area (Å²) in [7, 11) is 1.44. The minimum atomic E-state index is -0.133. The van der Waals surface area contributed by atoms with Crippen LogP contribution in [0.1, 0.15) is 24.6 Å². The first-order chi connectivity index (χ1) is 14.6.